The van der Waals surface area contributed by atoms with E-state index in [1.165, 1.54) is 13.8 Å². The van der Waals surface area contributed by atoms with Gasteiger partial charge in [-0.3, -0.25) is 0 Å². The summed E-state index contributed by atoms with van der Waals surface area (Å²) in [4.78, 5) is 0. The third-order valence-corrected chi connectivity index (χ3v) is 2.31. The van der Waals surface area contributed by atoms with Gasteiger partial charge in [0, 0.05) is 0 Å². The smallest absolute Gasteiger partial charge is 0.206 e. The molecule has 1 rings (SSSR count). The van der Waals surface area contributed by atoms with Crippen LogP contribution in [0.25, 0.3) is 0 Å². The minimum atomic E-state index is -4.76. The average molecular weight is 256 g/mol. The fourth-order valence-corrected chi connectivity index (χ4v) is 1.41. The van der Waals surface area contributed by atoms with Gasteiger partial charge in [-0.2, -0.15) is 13.2 Å². The van der Waals surface area contributed by atoms with Gasteiger partial charge in [0.1, 0.15) is 5.82 Å². The first kappa shape index (κ1) is 13.9. The van der Waals surface area contributed by atoms with Crippen molar-refractivity contribution in [2.24, 2.45) is 0 Å². The van der Waals surface area contributed by atoms with E-state index in [0.717, 1.165) is 0 Å². The van der Waals surface area contributed by atoms with Crippen molar-refractivity contribution in [1.82, 2.24) is 0 Å². The van der Waals surface area contributed by atoms with Crippen LogP contribution in [0.2, 0.25) is 0 Å². The molecule has 0 saturated heterocycles. The minimum Gasteiger partial charge on any atom is -0.206 e. The van der Waals surface area contributed by atoms with Crippen LogP contribution >= 0.6 is 0 Å². The van der Waals surface area contributed by atoms with Crippen LogP contribution < -0.4 is 0 Å². The van der Waals surface area contributed by atoms with Crippen LogP contribution in [0.4, 0.5) is 26.3 Å². The molecule has 17 heavy (non-hydrogen) atoms. The molecule has 0 atom stereocenters. The summed E-state index contributed by atoms with van der Waals surface area (Å²) in [6.45, 7) is 2.88. The SMILES string of the molecule is CC(C)c1cc(C(F)(F)F)cc(C(F)F)c1F. The van der Waals surface area contributed by atoms with Gasteiger partial charge in [-0.25, -0.2) is 13.2 Å². The molecule has 0 aliphatic carbocycles. The van der Waals surface area contributed by atoms with Crippen LogP contribution in [0, 0.1) is 5.82 Å². The molecular formula is C11H10F6. The van der Waals surface area contributed by atoms with Gasteiger partial charge >= 0.3 is 6.18 Å². The Morgan fingerprint density at radius 2 is 1.47 bits per heavy atom. The summed E-state index contributed by atoms with van der Waals surface area (Å²) in [5.74, 6) is -1.86. The summed E-state index contributed by atoms with van der Waals surface area (Å²) in [5, 5.41) is 0. The predicted octanol–water partition coefficient (Wildman–Crippen LogP) is 4.91. The van der Waals surface area contributed by atoms with Crippen LogP contribution in [0.1, 0.15) is 42.9 Å². The first-order valence-corrected chi connectivity index (χ1v) is 4.83. The van der Waals surface area contributed by atoms with Crippen LogP contribution in [0.3, 0.4) is 0 Å². The Hall–Kier alpha value is -1.20. The topological polar surface area (TPSA) is 0 Å². The Bertz CT molecular complexity index is 376. The van der Waals surface area contributed by atoms with Crippen molar-refractivity contribution in [3.8, 4) is 0 Å². The number of halogens is 6. The van der Waals surface area contributed by atoms with E-state index in [0.29, 0.717) is 6.07 Å². The molecular weight excluding hydrogens is 246 g/mol. The molecule has 0 unspecified atom stereocenters. The Balaban J connectivity index is 3.48. The molecule has 6 heteroatoms. The molecule has 0 aliphatic heterocycles. The maximum atomic E-state index is 13.5. The normalized spacial score (nSPS) is 12.6. The molecule has 0 spiro atoms. The van der Waals surface area contributed by atoms with Gasteiger partial charge in [-0.05, 0) is 23.6 Å². The van der Waals surface area contributed by atoms with Gasteiger partial charge in [-0.1, -0.05) is 13.8 Å². The predicted molar refractivity (Wildman–Crippen MR) is 50.4 cm³/mol. The second kappa shape index (κ2) is 4.58. The average Bonchev–Trinajstić information content (AvgIpc) is 2.14. The highest BCUT2D eigenvalue weighted by molar-refractivity contribution is 5.35. The molecule has 0 radical (unpaired) electrons. The molecule has 0 nitrogen and oxygen atoms in total. The number of benzene rings is 1. The zero-order valence-electron chi connectivity index (χ0n) is 9.08. The largest absolute Gasteiger partial charge is 0.416 e. The van der Waals surface area contributed by atoms with Crippen LogP contribution in [-0.2, 0) is 6.18 Å². The van der Waals surface area contributed by atoms with E-state index in [4.69, 9.17) is 0 Å². The van der Waals surface area contributed by atoms with E-state index in [1.54, 1.807) is 0 Å². The highest BCUT2D eigenvalue weighted by Gasteiger charge is 2.33. The first-order valence-electron chi connectivity index (χ1n) is 4.83. The lowest BCUT2D eigenvalue weighted by Crippen LogP contribution is -2.10. The van der Waals surface area contributed by atoms with Crippen LogP contribution in [-0.4, -0.2) is 0 Å². The lowest BCUT2D eigenvalue weighted by Gasteiger charge is -2.15. The molecule has 0 fully saturated rings. The van der Waals surface area contributed by atoms with Gasteiger partial charge in [0.2, 0.25) is 0 Å². The summed E-state index contributed by atoms with van der Waals surface area (Å²) < 4.78 is 75.7. The minimum absolute atomic E-state index is 0.159. The van der Waals surface area contributed by atoms with E-state index in [1.807, 2.05) is 0 Å². The van der Waals surface area contributed by atoms with E-state index >= 15 is 0 Å². The van der Waals surface area contributed by atoms with Gasteiger partial charge < -0.3 is 0 Å². The van der Waals surface area contributed by atoms with Gasteiger partial charge in [0.05, 0.1) is 11.1 Å². The maximum Gasteiger partial charge on any atom is 0.416 e. The summed E-state index contributed by atoms with van der Waals surface area (Å²) in [6.07, 6.45) is -8.03. The highest BCUT2D eigenvalue weighted by Crippen LogP contribution is 2.36. The summed E-state index contributed by atoms with van der Waals surface area (Å²) in [7, 11) is 0. The second-order valence-corrected chi connectivity index (χ2v) is 3.92. The van der Waals surface area contributed by atoms with Gasteiger partial charge in [0.15, 0.2) is 0 Å². The van der Waals surface area contributed by atoms with Crippen molar-refractivity contribution < 1.29 is 26.3 Å². The van der Waals surface area contributed by atoms with Crippen molar-refractivity contribution >= 4 is 0 Å². The lowest BCUT2D eigenvalue weighted by atomic mass is 9.96. The number of alkyl halides is 5. The van der Waals surface area contributed by atoms with Crippen molar-refractivity contribution in [3.63, 3.8) is 0 Å². The molecule has 0 aliphatic rings. The van der Waals surface area contributed by atoms with E-state index < -0.39 is 35.5 Å². The maximum absolute atomic E-state index is 13.5. The van der Waals surface area contributed by atoms with Gasteiger partial charge in [0.25, 0.3) is 6.43 Å². The first-order chi connectivity index (χ1) is 7.64. The fraction of sp³-hybridized carbons (Fsp3) is 0.455. The highest BCUT2D eigenvalue weighted by atomic mass is 19.4. The van der Waals surface area contributed by atoms with E-state index in [-0.39, 0.29) is 11.6 Å². The third kappa shape index (κ3) is 2.92. The van der Waals surface area contributed by atoms with Gasteiger partial charge in [-0.15, -0.1) is 0 Å². The van der Waals surface area contributed by atoms with Crippen molar-refractivity contribution in [2.45, 2.75) is 32.4 Å². The summed E-state index contributed by atoms with van der Waals surface area (Å²) >= 11 is 0. The van der Waals surface area contributed by atoms with Crippen LogP contribution in [0.5, 0.6) is 0 Å². The summed E-state index contributed by atoms with van der Waals surface area (Å²) in [6, 6.07) is 0.734. The molecule has 96 valence electrons. The molecule has 0 bridgehead atoms. The fourth-order valence-electron chi connectivity index (χ4n) is 1.41. The number of hydrogen-bond acceptors (Lipinski definition) is 0. The zero-order valence-corrected chi connectivity index (χ0v) is 9.08. The molecule has 0 saturated carbocycles. The Labute approximate surface area is 94.2 Å². The van der Waals surface area contributed by atoms with Crippen molar-refractivity contribution in [1.29, 1.82) is 0 Å². The molecule has 1 aromatic rings. The molecule has 0 amide bonds. The lowest BCUT2D eigenvalue weighted by molar-refractivity contribution is -0.137. The Kier molecular flexibility index (Phi) is 3.74. The Morgan fingerprint density at radius 1 is 1.00 bits per heavy atom. The molecule has 0 N–H and O–H groups in total. The number of rotatable bonds is 2. The van der Waals surface area contributed by atoms with E-state index in [2.05, 4.69) is 0 Å². The third-order valence-electron chi connectivity index (χ3n) is 2.31. The standard InChI is InChI=1S/C11H10F6/c1-5(2)7-3-6(11(15,16)17)4-8(9(7)12)10(13)14/h3-5,10H,1-2H3. The quantitative estimate of drug-likeness (QED) is 0.660. The molecule has 1 aromatic carbocycles. The van der Waals surface area contributed by atoms with Crippen LogP contribution in [0.15, 0.2) is 12.1 Å². The number of hydrogen-bond donors (Lipinski definition) is 0. The Morgan fingerprint density at radius 3 is 1.82 bits per heavy atom. The summed E-state index contributed by atoms with van der Waals surface area (Å²) in [5.41, 5.74) is -2.81. The van der Waals surface area contributed by atoms with E-state index in [9.17, 15) is 26.3 Å². The second-order valence-electron chi connectivity index (χ2n) is 3.92. The monoisotopic (exact) mass is 256 g/mol. The zero-order chi connectivity index (χ0) is 13.4. The molecule has 0 heterocycles. The van der Waals surface area contributed by atoms with Crippen molar-refractivity contribution in [3.05, 3.63) is 34.6 Å². The molecule has 0 aromatic heterocycles. The van der Waals surface area contributed by atoms with Crippen molar-refractivity contribution in [2.75, 3.05) is 0 Å².